The van der Waals surface area contributed by atoms with Gasteiger partial charge in [0.25, 0.3) is 5.91 Å². The van der Waals surface area contributed by atoms with Crippen molar-refractivity contribution in [1.82, 2.24) is 15.1 Å². The van der Waals surface area contributed by atoms with Crippen LogP contribution in [-0.2, 0) is 22.7 Å². The van der Waals surface area contributed by atoms with Crippen molar-refractivity contribution in [3.63, 3.8) is 0 Å². The van der Waals surface area contributed by atoms with Crippen molar-refractivity contribution in [1.29, 1.82) is 0 Å². The van der Waals surface area contributed by atoms with Gasteiger partial charge in [0, 0.05) is 44.2 Å². The first-order valence-corrected chi connectivity index (χ1v) is 10.2. The Labute approximate surface area is 164 Å². The minimum atomic E-state index is -0.566. The van der Waals surface area contributed by atoms with Crippen LogP contribution >= 0.6 is 0 Å². The summed E-state index contributed by atoms with van der Waals surface area (Å²) in [6.45, 7) is 3.18. The van der Waals surface area contributed by atoms with Crippen LogP contribution in [-0.4, -0.2) is 52.7 Å². The minimum absolute atomic E-state index is 0.111. The van der Waals surface area contributed by atoms with Crippen LogP contribution in [0.25, 0.3) is 0 Å². The fourth-order valence-electron chi connectivity index (χ4n) is 5.25. The number of carbonyl (C=O) groups excluding carboxylic acids is 3. The van der Waals surface area contributed by atoms with Gasteiger partial charge in [-0.15, -0.1) is 0 Å². The van der Waals surface area contributed by atoms with Crippen molar-refractivity contribution in [3.8, 4) is 0 Å². The molecule has 28 heavy (non-hydrogen) atoms. The molecule has 0 aromatic heterocycles. The van der Waals surface area contributed by atoms with Crippen LogP contribution < -0.4 is 11.1 Å². The number of amides is 3. The third kappa shape index (κ3) is 3.02. The maximum Gasteiger partial charge on any atom is 0.255 e. The Morgan fingerprint density at radius 2 is 2.04 bits per heavy atom. The van der Waals surface area contributed by atoms with Crippen LogP contribution in [0.1, 0.15) is 53.6 Å². The Bertz CT molecular complexity index is 863. The minimum Gasteiger partial charge on any atom is -0.327 e. The molecule has 1 saturated carbocycles. The molecule has 1 aliphatic carbocycles. The van der Waals surface area contributed by atoms with Crippen LogP contribution in [0.3, 0.4) is 0 Å². The average molecular weight is 382 g/mol. The Morgan fingerprint density at radius 3 is 2.79 bits per heavy atom. The maximum atomic E-state index is 13.0. The molecule has 1 spiro atoms. The molecule has 0 bridgehead atoms. The van der Waals surface area contributed by atoms with E-state index in [9.17, 15) is 14.4 Å². The van der Waals surface area contributed by atoms with Gasteiger partial charge in [0.2, 0.25) is 11.8 Å². The zero-order chi connectivity index (χ0) is 19.5. The topological polar surface area (TPSA) is 95.7 Å². The van der Waals surface area contributed by atoms with Crippen molar-refractivity contribution in [3.05, 3.63) is 34.9 Å². The summed E-state index contributed by atoms with van der Waals surface area (Å²) in [6.07, 6.45) is 4.33. The first-order valence-electron chi connectivity index (χ1n) is 10.2. The monoisotopic (exact) mass is 382 g/mol. The molecule has 1 aromatic rings. The van der Waals surface area contributed by atoms with Crippen LogP contribution in [0.4, 0.5) is 0 Å². The number of imide groups is 1. The first-order chi connectivity index (χ1) is 13.4. The summed E-state index contributed by atoms with van der Waals surface area (Å²) in [7, 11) is 0. The van der Waals surface area contributed by atoms with Gasteiger partial charge >= 0.3 is 0 Å². The number of nitrogens with two attached hydrogens (primary N) is 1. The lowest BCUT2D eigenvalue weighted by atomic mass is 9.91. The predicted octanol–water partition coefficient (Wildman–Crippen LogP) is 0.761. The highest BCUT2D eigenvalue weighted by Crippen LogP contribution is 2.52. The summed E-state index contributed by atoms with van der Waals surface area (Å²) in [5.74, 6) is -0.737. The predicted molar refractivity (Wildman–Crippen MR) is 102 cm³/mol. The standard InChI is InChI=1S/C21H26N4O3/c22-14-8-21(6-7-21)12-24(10-14)9-13-2-1-3-15-16(13)11-25(20(15)28)17-4-5-18(26)23-19(17)27/h1-3,14,17H,4-12,22H2,(H,23,26,27). The number of piperidine rings is 2. The van der Waals surface area contributed by atoms with Gasteiger partial charge in [0.15, 0.2) is 0 Å². The fraction of sp³-hybridized carbons (Fsp3) is 0.571. The Balaban J connectivity index is 1.36. The zero-order valence-electron chi connectivity index (χ0n) is 15.9. The van der Waals surface area contributed by atoms with Crippen molar-refractivity contribution < 1.29 is 14.4 Å². The number of hydrogen-bond acceptors (Lipinski definition) is 5. The van der Waals surface area contributed by atoms with E-state index in [2.05, 4.69) is 16.3 Å². The molecule has 2 atom stereocenters. The number of hydrogen-bond donors (Lipinski definition) is 2. The van der Waals surface area contributed by atoms with Crippen LogP contribution in [0.15, 0.2) is 18.2 Å². The highest BCUT2D eigenvalue weighted by molar-refractivity contribution is 6.05. The molecule has 148 valence electrons. The summed E-state index contributed by atoms with van der Waals surface area (Å²) >= 11 is 0. The van der Waals surface area contributed by atoms with E-state index in [0.29, 0.717) is 23.9 Å². The van der Waals surface area contributed by atoms with Gasteiger partial charge in [-0.3, -0.25) is 24.6 Å². The Morgan fingerprint density at radius 1 is 1.21 bits per heavy atom. The zero-order valence-corrected chi connectivity index (χ0v) is 15.9. The molecular weight excluding hydrogens is 356 g/mol. The summed E-state index contributed by atoms with van der Waals surface area (Å²) in [5, 5.41) is 2.36. The third-order valence-electron chi connectivity index (χ3n) is 6.78. The van der Waals surface area contributed by atoms with Crippen LogP contribution in [0, 0.1) is 5.41 Å². The number of nitrogens with zero attached hydrogens (tertiary/aromatic N) is 2. The largest absolute Gasteiger partial charge is 0.327 e. The highest BCUT2D eigenvalue weighted by Gasteiger charge is 2.48. The maximum absolute atomic E-state index is 13.0. The first kappa shape index (κ1) is 17.8. The van der Waals surface area contributed by atoms with E-state index in [-0.39, 0.29) is 30.2 Å². The molecule has 3 heterocycles. The highest BCUT2D eigenvalue weighted by atomic mass is 16.2. The van der Waals surface area contributed by atoms with E-state index in [1.165, 1.54) is 12.8 Å². The van der Waals surface area contributed by atoms with E-state index in [4.69, 9.17) is 5.73 Å². The van der Waals surface area contributed by atoms with E-state index in [1.54, 1.807) is 4.90 Å². The van der Waals surface area contributed by atoms with Gasteiger partial charge in [-0.05, 0) is 48.3 Å². The second-order valence-corrected chi connectivity index (χ2v) is 8.98. The molecule has 7 heteroatoms. The molecule has 2 unspecified atom stereocenters. The normalized spacial score (nSPS) is 29.2. The second kappa shape index (κ2) is 6.39. The average Bonchev–Trinajstić information content (AvgIpc) is 3.28. The lowest BCUT2D eigenvalue weighted by molar-refractivity contribution is -0.136. The molecule has 4 aliphatic rings. The van der Waals surface area contributed by atoms with Gasteiger partial charge in [0.1, 0.15) is 6.04 Å². The van der Waals surface area contributed by atoms with E-state index < -0.39 is 6.04 Å². The fourth-order valence-corrected chi connectivity index (χ4v) is 5.25. The summed E-state index contributed by atoms with van der Waals surface area (Å²) in [6, 6.07) is 5.51. The summed E-state index contributed by atoms with van der Waals surface area (Å²) in [4.78, 5) is 40.7. The smallest absolute Gasteiger partial charge is 0.255 e. The number of carbonyl (C=O) groups is 3. The molecule has 7 nitrogen and oxygen atoms in total. The van der Waals surface area contributed by atoms with Gasteiger partial charge in [-0.1, -0.05) is 12.1 Å². The van der Waals surface area contributed by atoms with E-state index >= 15 is 0 Å². The lowest BCUT2D eigenvalue weighted by Gasteiger charge is -2.37. The van der Waals surface area contributed by atoms with Gasteiger partial charge < -0.3 is 10.6 Å². The number of benzene rings is 1. The third-order valence-corrected chi connectivity index (χ3v) is 6.78. The van der Waals surface area contributed by atoms with E-state index in [1.807, 2.05) is 12.1 Å². The summed E-state index contributed by atoms with van der Waals surface area (Å²) < 4.78 is 0. The molecule has 3 aliphatic heterocycles. The Kier molecular flexibility index (Phi) is 4.07. The molecule has 1 aromatic carbocycles. The Hall–Kier alpha value is -2.25. The van der Waals surface area contributed by atoms with Gasteiger partial charge in [-0.25, -0.2) is 0 Å². The number of fused-ring (bicyclic) bond motifs is 1. The van der Waals surface area contributed by atoms with Crippen LogP contribution in [0.2, 0.25) is 0 Å². The molecule has 5 rings (SSSR count). The van der Waals surface area contributed by atoms with E-state index in [0.717, 1.165) is 37.2 Å². The van der Waals surface area contributed by atoms with Crippen molar-refractivity contribution >= 4 is 17.7 Å². The lowest BCUT2D eigenvalue weighted by Crippen LogP contribution is -2.52. The van der Waals surface area contributed by atoms with Gasteiger partial charge in [-0.2, -0.15) is 0 Å². The number of nitrogens with one attached hydrogen (secondary N) is 1. The van der Waals surface area contributed by atoms with Crippen molar-refractivity contribution in [2.45, 2.75) is 57.3 Å². The SMILES string of the molecule is NC1CN(Cc2cccc3c2CN(C2CCC(=O)NC2=O)C3=O)CC2(CC2)C1. The molecule has 3 amide bonds. The number of likely N-dealkylation sites (tertiary alicyclic amines) is 1. The molecule has 0 radical (unpaired) electrons. The summed E-state index contributed by atoms with van der Waals surface area (Å²) in [5.41, 5.74) is 9.56. The second-order valence-electron chi connectivity index (χ2n) is 8.98. The quantitative estimate of drug-likeness (QED) is 0.753. The van der Waals surface area contributed by atoms with Gasteiger partial charge in [0.05, 0.1) is 0 Å². The van der Waals surface area contributed by atoms with Crippen molar-refractivity contribution in [2.75, 3.05) is 13.1 Å². The van der Waals surface area contributed by atoms with Crippen LogP contribution in [0.5, 0.6) is 0 Å². The molecule has 3 N–H and O–H groups in total. The molecular formula is C21H26N4O3. The number of rotatable bonds is 3. The van der Waals surface area contributed by atoms with Crippen molar-refractivity contribution in [2.24, 2.45) is 11.1 Å². The molecule has 3 fully saturated rings. The molecule has 2 saturated heterocycles.